The lowest BCUT2D eigenvalue weighted by Gasteiger charge is -1.99. The van der Waals surface area contributed by atoms with Crippen LogP contribution in [0, 0.1) is 0 Å². The summed E-state index contributed by atoms with van der Waals surface area (Å²) in [6.07, 6.45) is 0. The van der Waals surface area contributed by atoms with Crippen molar-refractivity contribution in [1.29, 1.82) is 0 Å². The van der Waals surface area contributed by atoms with Gasteiger partial charge in [0.1, 0.15) is 5.01 Å². The number of rotatable bonds is 3. The van der Waals surface area contributed by atoms with Gasteiger partial charge in [-0.05, 0) is 24.3 Å². The molecule has 2 heterocycles. The largest absolute Gasteiger partial charge is 0.238 e. The maximum Gasteiger partial charge on any atom is 0.238 e. The van der Waals surface area contributed by atoms with E-state index in [1.54, 1.807) is 12.1 Å². The molecule has 21 heavy (non-hydrogen) atoms. The van der Waals surface area contributed by atoms with Gasteiger partial charge in [0.05, 0.1) is 19.8 Å². The van der Waals surface area contributed by atoms with Crippen molar-refractivity contribution >= 4 is 44.3 Å². The molecule has 0 amide bonds. The average molecular weight is 357 g/mol. The summed E-state index contributed by atoms with van der Waals surface area (Å²) in [5.41, 5.74) is 1.71. The molecule has 0 unspecified atom stereocenters. The van der Waals surface area contributed by atoms with Gasteiger partial charge in [-0.1, -0.05) is 23.7 Å². The van der Waals surface area contributed by atoms with Crippen LogP contribution in [-0.2, 0) is 10.0 Å². The first-order chi connectivity index (χ1) is 9.93. The van der Waals surface area contributed by atoms with Crippen molar-refractivity contribution in [2.24, 2.45) is 5.14 Å². The Labute approximate surface area is 134 Å². The molecule has 3 aromatic rings. The highest BCUT2D eigenvalue weighted by molar-refractivity contribution is 7.89. The normalized spacial score (nSPS) is 11.7. The van der Waals surface area contributed by atoms with Gasteiger partial charge < -0.3 is 0 Å². The Morgan fingerprint density at radius 2 is 1.81 bits per heavy atom. The molecule has 0 atom stereocenters. The summed E-state index contributed by atoms with van der Waals surface area (Å²) in [5, 5.41) is 7.84. The molecule has 4 nitrogen and oxygen atoms in total. The predicted molar refractivity (Wildman–Crippen MR) is 87.2 cm³/mol. The molecule has 3 rings (SSSR count). The Morgan fingerprint density at radius 3 is 2.38 bits per heavy atom. The third-order valence-electron chi connectivity index (χ3n) is 2.76. The van der Waals surface area contributed by atoms with E-state index in [1.165, 1.54) is 34.8 Å². The molecule has 0 spiro atoms. The molecule has 0 aliphatic rings. The summed E-state index contributed by atoms with van der Waals surface area (Å²) in [6.45, 7) is 0. The van der Waals surface area contributed by atoms with Crippen LogP contribution < -0.4 is 5.14 Å². The molecule has 2 N–H and O–H groups in total. The van der Waals surface area contributed by atoms with Crippen molar-refractivity contribution in [2.45, 2.75) is 4.90 Å². The summed E-state index contributed by atoms with van der Waals surface area (Å²) in [5.74, 6) is 0. The van der Waals surface area contributed by atoms with Gasteiger partial charge >= 0.3 is 0 Å². The van der Waals surface area contributed by atoms with Crippen molar-refractivity contribution in [3.05, 3.63) is 46.1 Å². The third-order valence-corrected chi connectivity index (χ3v) is 5.83. The smallest absolute Gasteiger partial charge is 0.235 e. The number of nitrogens with two attached hydrogens (primary N) is 1. The summed E-state index contributed by atoms with van der Waals surface area (Å²) in [7, 11) is -3.67. The molecule has 0 fully saturated rings. The van der Waals surface area contributed by atoms with Crippen LogP contribution in [0.15, 0.2) is 46.7 Å². The number of primary sulfonamides is 1. The highest BCUT2D eigenvalue weighted by atomic mass is 35.5. The van der Waals surface area contributed by atoms with Gasteiger partial charge in [0, 0.05) is 10.9 Å². The maximum atomic E-state index is 11.2. The summed E-state index contributed by atoms with van der Waals surface area (Å²) in [6, 6.07) is 10.1. The zero-order valence-corrected chi connectivity index (χ0v) is 13.7. The topological polar surface area (TPSA) is 73.1 Å². The van der Waals surface area contributed by atoms with Crippen molar-refractivity contribution in [2.75, 3.05) is 0 Å². The maximum absolute atomic E-state index is 11.2. The number of thiazole rings is 1. The zero-order valence-electron chi connectivity index (χ0n) is 10.5. The SMILES string of the molecule is NS(=O)(=O)c1ccc(-c2nc(-c3ccc(Cl)s3)cs2)cc1. The fourth-order valence-electron chi connectivity index (χ4n) is 1.76. The van der Waals surface area contributed by atoms with E-state index in [1.807, 2.05) is 17.5 Å². The van der Waals surface area contributed by atoms with E-state index in [4.69, 9.17) is 16.7 Å². The molecule has 1 aromatic carbocycles. The van der Waals surface area contributed by atoms with Crippen LogP contribution in [0.25, 0.3) is 21.1 Å². The van der Waals surface area contributed by atoms with E-state index >= 15 is 0 Å². The minimum atomic E-state index is -3.67. The van der Waals surface area contributed by atoms with Gasteiger partial charge in [-0.25, -0.2) is 18.5 Å². The molecule has 0 aliphatic carbocycles. The van der Waals surface area contributed by atoms with E-state index in [0.29, 0.717) is 0 Å². The predicted octanol–water partition coefficient (Wildman–Crippen LogP) is 3.84. The Balaban J connectivity index is 1.93. The number of thiophene rings is 1. The number of hydrogen-bond acceptors (Lipinski definition) is 5. The Morgan fingerprint density at radius 1 is 1.10 bits per heavy atom. The van der Waals surface area contributed by atoms with Crippen LogP contribution in [0.2, 0.25) is 4.34 Å². The molecular weight excluding hydrogens is 348 g/mol. The highest BCUT2D eigenvalue weighted by Crippen LogP contribution is 2.34. The molecule has 0 saturated heterocycles. The lowest BCUT2D eigenvalue weighted by atomic mass is 10.2. The van der Waals surface area contributed by atoms with Crippen molar-refractivity contribution in [3.8, 4) is 21.1 Å². The van der Waals surface area contributed by atoms with E-state index in [-0.39, 0.29) is 4.90 Å². The van der Waals surface area contributed by atoms with Crippen molar-refractivity contribution < 1.29 is 8.42 Å². The number of benzene rings is 1. The van der Waals surface area contributed by atoms with Gasteiger partial charge in [-0.2, -0.15) is 0 Å². The molecule has 0 aliphatic heterocycles. The monoisotopic (exact) mass is 356 g/mol. The number of hydrogen-bond donors (Lipinski definition) is 1. The van der Waals surface area contributed by atoms with Crippen LogP contribution in [0.3, 0.4) is 0 Å². The van der Waals surface area contributed by atoms with Crippen molar-refractivity contribution in [3.63, 3.8) is 0 Å². The van der Waals surface area contributed by atoms with Crippen LogP contribution in [0.1, 0.15) is 0 Å². The average Bonchev–Trinajstić information content (AvgIpc) is 3.06. The standard InChI is InChI=1S/C13H9ClN2O2S3/c14-12-6-5-11(20-12)10-7-19-13(16-10)8-1-3-9(4-2-8)21(15,17)18/h1-7H,(H2,15,17,18). The lowest BCUT2D eigenvalue weighted by molar-refractivity contribution is 0.598. The summed E-state index contributed by atoms with van der Waals surface area (Å²) >= 11 is 8.88. The van der Waals surface area contributed by atoms with Crippen LogP contribution in [0.4, 0.5) is 0 Å². The number of aromatic nitrogens is 1. The summed E-state index contributed by atoms with van der Waals surface area (Å²) in [4.78, 5) is 5.64. The van der Waals surface area contributed by atoms with E-state index in [2.05, 4.69) is 4.98 Å². The molecule has 0 saturated carbocycles. The molecule has 2 aromatic heterocycles. The van der Waals surface area contributed by atoms with Crippen LogP contribution >= 0.6 is 34.3 Å². The molecule has 8 heteroatoms. The first-order valence-electron chi connectivity index (χ1n) is 5.78. The second kappa shape index (κ2) is 5.51. The first kappa shape index (κ1) is 14.7. The number of sulfonamides is 1. The van der Waals surface area contributed by atoms with Crippen LogP contribution in [-0.4, -0.2) is 13.4 Å². The fourth-order valence-corrected chi connectivity index (χ4v) is 4.18. The van der Waals surface area contributed by atoms with Gasteiger partial charge in [-0.3, -0.25) is 0 Å². The number of halogens is 1. The Hall–Kier alpha value is -1.25. The van der Waals surface area contributed by atoms with Gasteiger partial charge in [0.25, 0.3) is 0 Å². The van der Waals surface area contributed by atoms with Gasteiger partial charge in [0.15, 0.2) is 0 Å². The second-order valence-electron chi connectivity index (χ2n) is 4.21. The van der Waals surface area contributed by atoms with Crippen LogP contribution in [0.5, 0.6) is 0 Å². The lowest BCUT2D eigenvalue weighted by Crippen LogP contribution is -2.11. The molecule has 108 valence electrons. The molecule has 0 bridgehead atoms. The van der Waals surface area contributed by atoms with E-state index in [0.717, 1.165) is 25.5 Å². The zero-order chi connectivity index (χ0) is 15.0. The second-order valence-corrected chi connectivity index (χ2v) is 8.35. The van der Waals surface area contributed by atoms with E-state index in [9.17, 15) is 8.42 Å². The van der Waals surface area contributed by atoms with Gasteiger partial charge in [0.2, 0.25) is 10.0 Å². The fraction of sp³-hybridized carbons (Fsp3) is 0. The number of nitrogens with zero attached hydrogens (tertiary/aromatic N) is 1. The van der Waals surface area contributed by atoms with Gasteiger partial charge in [-0.15, -0.1) is 22.7 Å². The Bertz CT molecular complexity index is 882. The van der Waals surface area contributed by atoms with E-state index < -0.39 is 10.0 Å². The first-order valence-corrected chi connectivity index (χ1v) is 9.40. The third kappa shape index (κ3) is 3.17. The summed E-state index contributed by atoms with van der Waals surface area (Å²) < 4.78 is 23.2. The Kier molecular flexibility index (Phi) is 3.85. The molecular formula is C13H9ClN2O2S3. The quantitative estimate of drug-likeness (QED) is 0.774. The van der Waals surface area contributed by atoms with Crippen molar-refractivity contribution in [1.82, 2.24) is 4.98 Å². The molecule has 0 radical (unpaired) electrons. The minimum Gasteiger partial charge on any atom is -0.235 e. The highest BCUT2D eigenvalue weighted by Gasteiger charge is 2.11. The minimum absolute atomic E-state index is 0.0908.